The summed E-state index contributed by atoms with van der Waals surface area (Å²) in [5.74, 6) is 0.245. The van der Waals surface area contributed by atoms with E-state index < -0.39 is 0 Å². The minimum Gasteiger partial charge on any atom is -0.321 e. The quantitative estimate of drug-likeness (QED) is 0.842. The molecule has 136 valence electrons. The lowest BCUT2D eigenvalue weighted by molar-refractivity contribution is 0.0146. The molecule has 1 atom stereocenters. The number of nitrogens with zero attached hydrogens (tertiary/aromatic N) is 3. The first-order valence-electron chi connectivity index (χ1n) is 10.2. The van der Waals surface area contributed by atoms with E-state index in [9.17, 15) is 4.79 Å². The van der Waals surface area contributed by atoms with E-state index in [0.717, 1.165) is 38.2 Å². The lowest BCUT2D eigenvalue weighted by Crippen LogP contribution is -2.57. The van der Waals surface area contributed by atoms with Gasteiger partial charge in [-0.1, -0.05) is 31.0 Å². The summed E-state index contributed by atoms with van der Waals surface area (Å²) < 4.78 is 0. The molecular weight excluding hydrogens is 310 g/mol. The zero-order chi connectivity index (χ0) is 17.1. The number of carbonyl (C=O) groups is 1. The minimum atomic E-state index is 0.245. The minimum absolute atomic E-state index is 0.245. The topological polar surface area (TPSA) is 26.8 Å². The molecule has 1 unspecified atom stereocenters. The van der Waals surface area contributed by atoms with Crippen LogP contribution < -0.4 is 0 Å². The molecule has 1 aromatic carbocycles. The summed E-state index contributed by atoms with van der Waals surface area (Å²) in [5.41, 5.74) is 2.16. The molecule has 4 rings (SSSR count). The van der Waals surface area contributed by atoms with Gasteiger partial charge >= 0.3 is 0 Å². The fourth-order valence-electron chi connectivity index (χ4n) is 4.73. The molecule has 0 spiro atoms. The highest BCUT2D eigenvalue weighted by molar-refractivity contribution is 5.97. The third kappa shape index (κ3) is 3.75. The SMILES string of the molecule is O=C1c2ccccc2CC(N2CCCCC2)N1CCN1CCCCC1. The monoisotopic (exact) mass is 341 g/mol. The Morgan fingerprint density at radius 1 is 0.840 bits per heavy atom. The van der Waals surface area contributed by atoms with Crippen LogP contribution in [-0.4, -0.2) is 66.0 Å². The largest absolute Gasteiger partial charge is 0.321 e. The molecule has 4 nitrogen and oxygen atoms in total. The molecule has 1 amide bonds. The molecule has 3 aliphatic heterocycles. The summed E-state index contributed by atoms with van der Waals surface area (Å²) in [7, 11) is 0. The number of amides is 1. The lowest BCUT2D eigenvalue weighted by Gasteiger charge is -2.45. The van der Waals surface area contributed by atoms with Crippen molar-refractivity contribution in [2.45, 2.75) is 51.1 Å². The van der Waals surface area contributed by atoms with E-state index in [0.29, 0.717) is 0 Å². The fraction of sp³-hybridized carbons (Fsp3) is 0.667. The number of rotatable bonds is 4. The van der Waals surface area contributed by atoms with Crippen LogP contribution in [0.5, 0.6) is 0 Å². The van der Waals surface area contributed by atoms with E-state index in [1.165, 1.54) is 57.2 Å². The number of hydrogen-bond donors (Lipinski definition) is 0. The molecule has 0 aromatic heterocycles. The van der Waals surface area contributed by atoms with Crippen molar-refractivity contribution < 1.29 is 4.79 Å². The molecule has 0 radical (unpaired) electrons. The van der Waals surface area contributed by atoms with E-state index in [4.69, 9.17) is 0 Å². The Morgan fingerprint density at radius 3 is 2.28 bits per heavy atom. The van der Waals surface area contributed by atoms with Gasteiger partial charge in [0.15, 0.2) is 0 Å². The van der Waals surface area contributed by atoms with Crippen molar-refractivity contribution in [3.8, 4) is 0 Å². The van der Waals surface area contributed by atoms with Gasteiger partial charge in [-0.2, -0.15) is 0 Å². The van der Waals surface area contributed by atoms with E-state index in [-0.39, 0.29) is 12.1 Å². The van der Waals surface area contributed by atoms with Gasteiger partial charge in [-0.05, 0) is 50.4 Å². The number of piperidine rings is 2. The van der Waals surface area contributed by atoms with Crippen molar-refractivity contribution in [2.24, 2.45) is 0 Å². The Morgan fingerprint density at radius 2 is 1.52 bits per heavy atom. The van der Waals surface area contributed by atoms with Crippen molar-refractivity contribution in [1.82, 2.24) is 14.7 Å². The molecule has 2 saturated heterocycles. The van der Waals surface area contributed by atoms with Crippen LogP contribution in [0, 0.1) is 0 Å². The Bertz CT molecular complexity index is 591. The highest BCUT2D eigenvalue weighted by Gasteiger charge is 2.36. The van der Waals surface area contributed by atoms with Crippen molar-refractivity contribution in [2.75, 3.05) is 39.3 Å². The smallest absolute Gasteiger partial charge is 0.255 e. The van der Waals surface area contributed by atoms with Crippen LogP contribution in [-0.2, 0) is 6.42 Å². The zero-order valence-corrected chi connectivity index (χ0v) is 15.3. The second kappa shape index (κ2) is 7.88. The third-order valence-corrected chi connectivity index (χ3v) is 6.19. The first-order chi connectivity index (χ1) is 12.3. The lowest BCUT2D eigenvalue weighted by atomic mass is 9.95. The average Bonchev–Trinajstić information content (AvgIpc) is 2.69. The molecule has 3 heterocycles. The standard InChI is InChI=1S/C21H31N3O/c25-21-19-10-4-3-9-18(19)17-20(23-13-7-2-8-14-23)24(21)16-15-22-11-5-1-6-12-22/h3-4,9-10,20H,1-2,5-8,11-17H2. The maximum atomic E-state index is 13.2. The predicted molar refractivity (Wildman–Crippen MR) is 101 cm³/mol. The van der Waals surface area contributed by atoms with Crippen LogP contribution in [0.2, 0.25) is 0 Å². The van der Waals surface area contributed by atoms with E-state index in [2.05, 4.69) is 26.8 Å². The van der Waals surface area contributed by atoms with Crippen LogP contribution in [0.25, 0.3) is 0 Å². The molecule has 0 saturated carbocycles. The van der Waals surface area contributed by atoms with E-state index in [1.54, 1.807) is 0 Å². The number of carbonyl (C=O) groups excluding carboxylic acids is 1. The normalized spacial score (nSPS) is 25.8. The number of hydrogen-bond acceptors (Lipinski definition) is 3. The molecule has 3 aliphatic rings. The number of benzene rings is 1. The van der Waals surface area contributed by atoms with Gasteiger partial charge in [-0.25, -0.2) is 0 Å². The first-order valence-corrected chi connectivity index (χ1v) is 10.2. The van der Waals surface area contributed by atoms with Crippen LogP contribution in [0.4, 0.5) is 0 Å². The number of likely N-dealkylation sites (tertiary alicyclic amines) is 2. The van der Waals surface area contributed by atoms with Crippen LogP contribution >= 0.6 is 0 Å². The molecule has 0 bridgehead atoms. The second-order valence-corrected chi connectivity index (χ2v) is 7.84. The molecule has 4 heteroatoms. The Labute approximate surface area is 151 Å². The summed E-state index contributed by atoms with van der Waals surface area (Å²) in [6, 6.07) is 8.23. The molecule has 25 heavy (non-hydrogen) atoms. The predicted octanol–water partition coefficient (Wildman–Crippen LogP) is 2.98. The van der Waals surface area contributed by atoms with Crippen molar-refractivity contribution in [1.29, 1.82) is 0 Å². The molecular formula is C21H31N3O. The summed E-state index contributed by atoms with van der Waals surface area (Å²) in [4.78, 5) is 20.5. The summed E-state index contributed by atoms with van der Waals surface area (Å²) >= 11 is 0. The average molecular weight is 341 g/mol. The van der Waals surface area contributed by atoms with Crippen molar-refractivity contribution >= 4 is 5.91 Å². The molecule has 2 fully saturated rings. The number of fused-ring (bicyclic) bond motifs is 1. The van der Waals surface area contributed by atoms with Gasteiger partial charge in [0.1, 0.15) is 0 Å². The highest BCUT2D eigenvalue weighted by Crippen LogP contribution is 2.27. The maximum Gasteiger partial charge on any atom is 0.255 e. The molecule has 0 aliphatic carbocycles. The van der Waals surface area contributed by atoms with Gasteiger partial charge in [-0.15, -0.1) is 0 Å². The van der Waals surface area contributed by atoms with Gasteiger partial charge in [0, 0.05) is 38.2 Å². The summed E-state index contributed by atoms with van der Waals surface area (Å²) in [5, 5.41) is 0. The van der Waals surface area contributed by atoms with Gasteiger partial charge in [0.05, 0.1) is 6.17 Å². The van der Waals surface area contributed by atoms with E-state index in [1.807, 2.05) is 12.1 Å². The van der Waals surface area contributed by atoms with Crippen LogP contribution in [0.1, 0.15) is 54.4 Å². The van der Waals surface area contributed by atoms with Crippen molar-refractivity contribution in [3.05, 3.63) is 35.4 Å². The highest BCUT2D eigenvalue weighted by atomic mass is 16.2. The summed E-state index contributed by atoms with van der Waals surface area (Å²) in [6.07, 6.45) is 9.11. The van der Waals surface area contributed by atoms with Crippen LogP contribution in [0.15, 0.2) is 24.3 Å². The van der Waals surface area contributed by atoms with Crippen molar-refractivity contribution in [3.63, 3.8) is 0 Å². The van der Waals surface area contributed by atoms with Crippen LogP contribution in [0.3, 0.4) is 0 Å². The third-order valence-electron chi connectivity index (χ3n) is 6.19. The van der Waals surface area contributed by atoms with Gasteiger partial charge in [0.25, 0.3) is 5.91 Å². The first kappa shape index (κ1) is 17.0. The van der Waals surface area contributed by atoms with Gasteiger partial charge in [0.2, 0.25) is 0 Å². The Balaban J connectivity index is 1.52. The maximum absolute atomic E-state index is 13.2. The summed E-state index contributed by atoms with van der Waals surface area (Å²) in [6.45, 7) is 6.58. The molecule has 0 N–H and O–H groups in total. The van der Waals surface area contributed by atoms with Gasteiger partial charge in [-0.3, -0.25) is 9.69 Å². The van der Waals surface area contributed by atoms with E-state index >= 15 is 0 Å². The molecule has 1 aromatic rings. The van der Waals surface area contributed by atoms with Gasteiger partial charge < -0.3 is 9.80 Å². The Kier molecular flexibility index (Phi) is 5.37. The second-order valence-electron chi connectivity index (χ2n) is 7.84. The fourth-order valence-corrected chi connectivity index (χ4v) is 4.73. The Hall–Kier alpha value is -1.39. The zero-order valence-electron chi connectivity index (χ0n) is 15.3.